The molecule has 0 spiro atoms. The lowest BCUT2D eigenvalue weighted by molar-refractivity contribution is -0.923. The van der Waals surface area contributed by atoms with E-state index in [9.17, 15) is 0 Å². The van der Waals surface area contributed by atoms with Crippen LogP contribution in [0.5, 0.6) is 17.2 Å². The molecule has 1 aromatic carbocycles. The molecule has 234 valence electrons. The predicted molar refractivity (Wildman–Crippen MR) is 153 cm³/mol. The molecular formula is C30H60Br3N3O3. The first-order chi connectivity index (χ1) is 17.3. The summed E-state index contributed by atoms with van der Waals surface area (Å²) in [5.74, 6) is 2.38. The van der Waals surface area contributed by atoms with Gasteiger partial charge in [-0.15, -0.1) is 0 Å². The maximum Gasteiger partial charge on any atom is 0.203 e. The molecule has 0 aliphatic carbocycles. The molecule has 0 amide bonds. The zero-order valence-electron chi connectivity index (χ0n) is 26.5. The summed E-state index contributed by atoms with van der Waals surface area (Å²) in [5.41, 5.74) is 0. The number of halogens is 3. The summed E-state index contributed by atoms with van der Waals surface area (Å²) in [4.78, 5) is 0. The number of hydrogen-bond acceptors (Lipinski definition) is 3. The summed E-state index contributed by atoms with van der Waals surface area (Å²) in [6.45, 7) is 35.6. The Bertz CT molecular complexity index is 660. The number of hydrogen-bond donors (Lipinski definition) is 0. The van der Waals surface area contributed by atoms with Gasteiger partial charge in [-0.05, 0) is 74.4 Å². The van der Waals surface area contributed by atoms with Gasteiger partial charge < -0.3 is 78.6 Å². The van der Waals surface area contributed by atoms with E-state index < -0.39 is 0 Å². The minimum atomic E-state index is 0. The Morgan fingerprint density at radius 2 is 0.692 bits per heavy atom. The van der Waals surface area contributed by atoms with Gasteiger partial charge in [0.05, 0.1) is 58.9 Å². The van der Waals surface area contributed by atoms with Gasteiger partial charge in [0.15, 0.2) is 11.5 Å². The van der Waals surface area contributed by atoms with Crippen molar-refractivity contribution in [3.05, 3.63) is 18.2 Å². The van der Waals surface area contributed by atoms with Crippen LogP contribution in [0.25, 0.3) is 0 Å². The molecule has 6 nitrogen and oxygen atoms in total. The van der Waals surface area contributed by atoms with Crippen molar-refractivity contribution in [1.29, 1.82) is 0 Å². The molecule has 9 heteroatoms. The molecule has 0 bridgehead atoms. The Morgan fingerprint density at radius 3 is 0.949 bits per heavy atom. The van der Waals surface area contributed by atoms with E-state index in [0.717, 1.165) is 109 Å². The smallest absolute Gasteiger partial charge is 0.203 e. The van der Waals surface area contributed by atoms with Crippen LogP contribution in [0.2, 0.25) is 0 Å². The van der Waals surface area contributed by atoms with Crippen LogP contribution in [0.3, 0.4) is 0 Å². The summed E-state index contributed by atoms with van der Waals surface area (Å²) in [5, 5.41) is 0. The maximum absolute atomic E-state index is 6.48. The van der Waals surface area contributed by atoms with Crippen molar-refractivity contribution >= 4 is 0 Å². The highest BCUT2D eigenvalue weighted by atomic mass is 79.9. The van der Waals surface area contributed by atoms with Gasteiger partial charge >= 0.3 is 0 Å². The Kier molecular flexibility index (Phi) is 25.1. The van der Waals surface area contributed by atoms with E-state index in [1.54, 1.807) is 0 Å². The number of likely N-dealkylation sites (N-methyl/N-ethyl adjacent to an activating group) is 3. The monoisotopic (exact) mass is 747 g/mol. The number of para-hydroxylation sites is 1. The maximum atomic E-state index is 6.48. The summed E-state index contributed by atoms with van der Waals surface area (Å²) in [6, 6.07) is 6.10. The van der Waals surface area contributed by atoms with Crippen molar-refractivity contribution in [2.24, 2.45) is 0 Å². The lowest BCUT2D eigenvalue weighted by Gasteiger charge is -2.36. The van der Waals surface area contributed by atoms with Crippen molar-refractivity contribution in [3.8, 4) is 17.2 Å². The summed E-state index contributed by atoms with van der Waals surface area (Å²) in [7, 11) is 0. The standard InChI is InChI=1S/C30H60N3O3.3BrH/c1-10-31(11-2,12-3)22-25-34-28-20-19-21-29(35-26-23-32(13-4,14-5)15-6)30(28)36-27-24-33(16-7,17-8)18-9;;;/h19-21H,10-18,22-27H2,1-9H3;3*1H/q+3;;;/p-3. The molecule has 0 N–H and O–H groups in total. The molecule has 1 aromatic rings. The van der Waals surface area contributed by atoms with Crippen LogP contribution >= 0.6 is 0 Å². The average molecular weight is 751 g/mol. The van der Waals surface area contributed by atoms with Gasteiger partial charge in [0.2, 0.25) is 5.75 Å². The number of ether oxygens (including phenoxy) is 3. The molecule has 0 aromatic heterocycles. The van der Waals surface area contributed by atoms with Gasteiger partial charge in [0, 0.05) is 0 Å². The second kappa shape index (κ2) is 22.5. The molecule has 1 rings (SSSR count). The fraction of sp³-hybridized carbons (Fsp3) is 0.800. The van der Waals surface area contributed by atoms with E-state index in [-0.39, 0.29) is 50.9 Å². The molecule has 39 heavy (non-hydrogen) atoms. The zero-order valence-corrected chi connectivity index (χ0v) is 31.3. The van der Waals surface area contributed by atoms with Gasteiger partial charge in [-0.25, -0.2) is 0 Å². The average Bonchev–Trinajstić information content (AvgIpc) is 2.93. The molecule has 0 aliphatic rings. The Morgan fingerprint density at radius 1 is 0.436 bits per heavy atom. The number of rotatable bonds is 21. The van der Waals surface area contributed by atoms with Crippen molar-refractivity contribution in [2.75, 3.05) is 98.4 Å². The molecule has 0 fully saturated rings. The highest BCUT2D eigenvalue weighted by Gasteiger charge is 2.25. The fourth-order valence-corrected chi connectivity index (χ4v) is 5.34. The van der Waals surface area contributed by atoms with Crippen LogP contribution in [-0.4, -0.2) is 112 Å². The molecule has 0 unspecified atom stereocenters. The second-order valence-electron chi connectivity index (χ2n) is 10.2. The van der Waals surface area contributed by atoms with Crippen molar-refractivity contribution in [2.45, 2.75) is 62.3 Å². The highest BCUT2D eigenvalue weighted by Crippen LogP contribution is 2.37. The van der Waals surface area contributed by atoms with Crippen LogP contribution in [0.1, 0.15) is 62.3 Å². The van der Waals surface area contributed by atoms with E-state index in [2.05, 4.69) is 62.3 Å². The van der Waals surface area contributed by atoms with E-state index in [0.29, 0.717) is 19.8 Å². The van der Waals surface area contributed by atoms with Crippen molar-refractivity contribution in [3.63, 3.8) is 0 Å². The van der Waals surface area contributed by atoms with Crippen LogP contribution < -0.4 is 65.2 Å². The molecule has 0 saturated carbocycles. The SMILES string of the molecule is CC[N+](CC)(CC)CCOc1cccc(OCC[N+](CC)(CC)CC)c1OCC[N+](CC)(CC)CC.[Br-].[Br-].[Br-]. The van der Waals surface area contributed by atoms with Gasteiger partial charge in [-0.1, -0.05) is 6.07 Å². The van der Waals surface area contributed by atoms with Crippen LogP contribution in [0.15, 0.2) is 18.2 Å². The fourth-order valence-electron chi connectivity index (χ4n) is 5.34. The van der Waals surface area contributed by atoms with Gasteiger partial charge in [0.25, 0.3) is 0 Å². The third kappa shape index (κ3) is 12.8. The molecule has 0 atom stereocenters. The molecular weight excluding hydrogens is 690 g/mol. The summed E-state index contributed by atoms with van der Waals surface area (Å²) in [6.07, 6.45) is 0. The topological polar surface area (TPSA) is 27.7 Å². The van der Waals surface area contributed by atoms with E-state index >= 15 is 0 Å². The Labute approximate surface area is 273 Å². The molecule has 0 saturated heterocycles. The van der Waals surface area contributed by atoms with Crippen molar-refractivity contribution in [1.82, 2.24) is 0 Å². The zero-order chi connectivity index (χ0) is 27.1. The molecule has 0 radical (unpaired) electrons. The van der Waals surface area contributed by atoms with Crippen molar-refractivity contribution < 1.29 is 78.6 Å². The number of benzene rings is 1. The number of quaternary nitrogens is 3. The highest BCUT2D eigenvalue weighted by molar-refractivity contribution is 5.51. The first-order valence-corrected chi connectivity index (χ1v) is 14.9. The van der Waals surface area contributed by atoms with Crippen LogP contribution in [0, 0.1) is 0 Å². The third-order valence-corrected chi connectivity index (χ3v) is 9.44. The minimum Gasteiger partial charge on any atom is -1.00 e. The molecule has 0 aliphatic heterocycles. The van der Waals surface area contributed by atoms with Gasteiger partial charge in [-0.2, -0.15) is 0 Å². The normalized spacial score (nSPS) is 11.6. The first kappa shape index (κ1) is 43.4. The lowest BCUT2D eigenvalue weighted by Crippen LogP contribution is -3.00. The minimum absolute atomic E-state index is 0. The van der Waals surface area contributed by atoms with E-state index in [4.69, 9.17) is 14.2 Å². The van der Waals surface area contributed by atoms with Gasteiger partial charge in [0.1, 0.15) is 39.5 Å². The van der Waals surface area contributed by atoms with Crippen LogP contribution in [0.4, 0.5) is 0 Å². The van der Waals surface area contributed by atoms with Gasteiger partial charge in [-0.3, -0.25) is 0 Å². The van der Waals surface area contributed by atoms with E-state index in [1.807, 2.05) is 18.2 Å². The summed E-state index contributed by atoms with van der Waals surface area (Å²) >= 11 is 0. The lowest BCUT2D eigenvalue weighted by atomic mass is 10.3. The number of nitrogens with zero attached hydrogens (tertiary/aromatic N) is 3. The molecule has 0 heterocycles. The second-order valence-corrected chi connectivity index (χ2v) is 10.2. The van der Waals surface area contributed by atoms with E-state index in [1.165, 1.54) is 0 Å². The summed E-state index contributed by atoms with van der Waals surface area (Å²) < 4.78 is 22.4. The third-order valence-electron chi connectivity index (χ3n) is 9.44. The quantitative estimate of drug-likeness (QED) is 0.122. The first-order valence-electron chi connectivity index (χ1n) is 14.9. The largest absolute Gasteiger partial charge is 1.00 e. The Balaban J connectivity index is -0.00000432. The van der Waals surface area contributed by atoms with Crippen LogP contribution in [-0.2, 0) is 0 Å². The Hall–Kier alpha value is -0.0600. The predicted octanol–water partition coefficient (Wildman–Crippen LogP) is -3.54.